The number of hydrogen-bond acceptors (Lipinski definition) is 2. The first-order valence-corrected chi connectivity index (χ1v) is 8.50. The highest BCUT2D eigenvalue weighted by atomic mass is 32.1. The van der Waals surface area contributed by atoms with Crippen molar-refractivity contribution in [3.05, 3.63) is 59.9 Å². The van der Waals surface area contributed by atoms with Crippen molar-refractivity contribution in [2.75, 3.05) is 11.9 Å². The monoisotopic (exact) mass is 346 g/mol. The maximum Gasteiger partial charge on any atom is 0.170 e. The zero-order chi connectivity index (χ0) is 17.4. The normalized spacial score (nSPS) is 10.5. The van der Waals surface area contributed by atoms with Gasteiger partial charge in [-0.3, -0.25) is 0 Å². The lowest BCUT2D eigenvalue weighted by atomic mass is 10.1. The fraction of sp³-hybridized carbons (Fsp3) is 0.316. The van der Waals surface area contributed by atoms with Crippen LogP contribution in [0.2, 0.25) is 0 Å². The summed E-state index contributed by atoms with van der Waals surface area (Å²) >= 11 is 5.28. The van der Waals surface area contributed by atoms with E-state index >= 15 is 0 Å². The second-order valence-electron chi connectivity index (χ2n) is 5.80. The Morgan fingerprint density at radius 3 is 2.38 bits per heavy atom. The number of anilines is 1. The Balaban J connectivity index is 1.68. The molecule has 0 aliphatic carbocycles. The molecule has 2 rings (SSSR count). The van der Waals surface area contributed by atoms with Crippen molar-refractivity contribution >= 4 is 23.0 Å². The molecule has 0 atom stereocenters. The van der Waals surface area contributed by atoms with Crippen LogP contribution in [0.3, 0.4) is 0 Å². The van der Waals surface area contributed by atoms with E-state index in [2.05, 4.69) is 10.6 Å². The van der Waals surface area contributed by atoms with E-state index in [0.717, 1.165) is 36.4 Å². The highest BCUT2D eigenvalue weighted by molar-refractivity contribution is 7.80. The second-order valence-corrected chi connectivity index (χ2v) is 6.21. The van der Waals surface area contributed by atoms with Crippen molar-refractivity contribution in [1.82, 2.24) is 5.32 Å². The standard InChI is InChI=1S/C19H23FN2OS/c1-14(2)23-18-11-9-17(10-12-18)22-19(24)21-13-3-4-15-5-7-16(20)8-6-15/h5-12,14H,3-4,13H2,1-2H3,(H2,21,22,24). The van der Waals surface area contributed by atoms with Crippen LogP contribution in [0.25, 0.3) is 0 Å². The first-order valence-electron chi connectivity index (χ1n) is 8.09. The molecule has 3 nitrogen and oxygen atoms in total. The summed E-state index contributed by atoms with van der Waals surface area (Å²) in [4.78, 5) is 0. The first kappa shape index (κ1) is 18.2. The number of thiocarbonyl (C=S) groups is 1. The van der Waals surface area contributed by atoms with Gasteiger partial charge in [0.15, 0.2) is 5.11 Å². The van der Waals surface area contributed by atoms with Gasteiger partial charge < -0.3 is 15.4 Å². The SMILES string of the molecule is CC(C)Oc1ccc(NC(=S)NCCCc2ccc(F)cc2)cc1. The topological polar surface area (TPSA) is 33.3 Å². The summed E-state index contributed by atoms with van der Waals surface area (Å²) in [5, 5.41) is 6.91. The van der Waals surface area contributed by atoms with E-state index in [1.54, 1.807) is 0 Å². The molecule has 0 amide bonds. The minimum absolute atomic E-state index is 0.160. The zero-order valence-corrected chi connectivity index (χ0v) is 14.8. The highest BCUT2D eigenvalue weighted by Crippen LogP contribution is 2.16. The summed E-state index contributed by atoms with van der Waals surface area (Å²) in [7, 11) is 0. The van der Waals surface area contributed by atoms with Crippen LogP contribution in [0.1, 0.15) is 25.8 Å². The van der Waals surface area contributed by atoms with Crippen LogP contribution in [0.5, 0.6) is 5.75 Å². The van der Waals surface area contributed by atoms with Gasteiger partial charge in [-0.05, 0) is 80.9 Å². The summed E-state index contributed by atoms with van der Waals surface area (Å²) in [6.45, 7) is 4.76. The van der Waals surface area contributed by atoms with Crippen molar-refractivity contribution in [1.29, 1.82) is 0 Å². The Bertz CT molecular complexity index is 641. The number of ether oxygens (including phenoxy) is 1. The largest absolute Gasteiger partial charge is 0.491 e. The smallest absolute Gasteiger partial charge is 0.170 e. The lowest BCUT2D eigenvalue weighted by Crippen LogP contribution is -2.29. The molecule has 2 aromatic carbocycles. The summed E-state index contributed by atoms with van der Waals surface area (Å²) in [5.74, 6) is 0.640. The van der Waals surface area contributed by atoms with Crippen LogP contribution in [0.4, 0.5) is 10.1 Å². The van der Waals surface area contributed by atoms with E-state index in [1.165, 1.54) is 12.1 Å². The van der Waals surface area contributed by atoms with Crippen LogP contribution >= 0.6 is 12.2 Å². The number of halogens is 1. The molecule has 0 radical (unpaired) electrons. The van der Waals surface area contributed by atoms with Gasteiger partial charge in [-0.25, -0.2) is 4.39 Å². The molecule has 0 saturated heterocycles. The van der Waals surface area contributed by atoms with E-state index in [4.69, 9.17) is 17.0 Å². The summed E-state index contributed by atoms with van der Waals surface area (Å²) in [6, 6.07) is 14.3. The molecule has 0 heterocycles. The average molecular weight is 346 g/mol. The lowest BCUT2D eigenvalue weighted by Gasteiger charge is -2.12. The third-order valence-electron chi connectivity index (χ3n) is 3.33. The molecule has 2 N–H and O–H groups in total. The molecule has 0 aliphatic heterocycles. The maximum atomic E-state index is 12.8. The molecule has 0 saturated carbocycles. The summed E-state index contributed by atoms with van der Waals surface area (Å²) < 4.78 is 18.4. The summed E-state index contributed by atoms with van der Waals surface area (Å²) in [6.07, 6.45) is 1.97. The Labute approximate surface area is 148 Å². The van der Waals surface area contributed by atoms with Gasteiger partial charge in [0, 0.05) is 12.2 Å². The fourth-order valence-corrected chi connectivity index (χ4v) is 2.43. The van der Waals surface area contributed by atoms with E-state index in [9.17, 15) is 4.39 Å². The van der Waals surface area contributed by atoms with Crippen LogP contribution < -0.4 is 15.4 Å². The van der Waals surface area contributed by atoms with Gasteiger partial charge in [0.05, 0.1) is 6.10 Å². The predicted molar refractivity (Wildman–Crippen MR) is 101 cm³/mol. The number of hydrogen-bond donors (Lipinski definition) is 2. The van der Waals surface area contributed by atoms with Gasteiger partial charge in [-0.15, -0.1) is 0 Å². The molecule has 2 aromatic rings. The van der Waals surface area contributed by atoms with Gasteiger partial charge in [0.1, 0.15) is 11.6 Å². The molecule has 0 unspecified atom stereocenters. The first-order chi connectivity index (χ1) is 11.5. The minimum Gasteiger partial charge on any atom is -0.491 e. The zero-order valence-electron chi connectivity index (χ0n) is 14.0. The van der Waals surface area contributed by atoms with Crippen molar-refractivity contribution in [2.45, 2.75) is 32.8 Å². The molecule has 0 fully saturated rings. The number of nitrogens with one attached hydrogen (secondary N) is 2. The van der Waals surface area contributed by atoms with Crippen LogP contribution in [0.15, 0.2) is 48.5 Å². The van der Waals surface area contributed by atoms with Gasteiger partial charge in [0.2, 0.25) is 0 Å². The van der Waals surface area contributed by atoms with Crippen molar-refractivity contribution < 1.29 is 9.13 Å². The van der Waals surface area contributed by atoms with E-state index in [-0.39, 0.29) is 11.9 Å². The number of benzene rings is 2. The predicted octanol–water partition coefficient (Wildman–Crippen LogP) is 4.53. The third-order valence-corrected chi connectivity index (χ3v) is 3.57. The van der Waals surface area contributed by atoms with Gasteiger partial charge >= 0.3 is 0 Å². The van der Waals surface area contributed by atoms with Crippen LogP contribution in [-0.2, 0) is 6.42 Å². The van der Waals surface area contributed by atoms with Crippen molar-refractivity contribution in [2.24, 2.45) is 0 Å². The van der Waals surface area contributed by atoms with Gasteiger partial charge in [-0.2, -0.15) is 0 Å². The fourth-order valence-electron chi connectivity index (χ4n) is 2.21. The molecule has 0 aliphatic rings. The second kappa shape index (κ2) is 9.23. The molecule has 0 spiro atoms. The molecule has 5 heteroatoms. The highest BCUT2D eigenvalue weighted by Gasteiger charge is 2.00. The van der Waals surface area contributed by atoms with Gasteiger partial charge in [0.25, 0.3) is 0 Å². The Morgan fingerprint density at radius 1 is 1.08 bits per heavy atom. The van der Waals surface area contributed by atoms with E-state index < -0.39 is 0 Å². The maximum absolute atomic E-state index is 12.8. The molecular formula is C19H23FN2OS. The van der Waals surface area contributed by atoms with Gasteiger partial charge in [-0.1, -0.05) is 12.1 Å². The molecule has 24 heavy (non-hydrogen) atoms. The van der Waals surface area contributed by atoms with Crippen molar-refractivity contribution in [3.8, 4) is 5.75 Å². The Kier molecular flexibility index (Phi) is 7.00. The lowest BCUT2D eigenvalue weighted by molar-refractivity contribution is 0.242. The average Bonchev–Trinajstić information content (AvgIpc) is 2.55. The van der Waals surface area contributed by atoms with E-state index in [0.29, 0.717) is 5.11 Å². The minimum atomic E-state index is -0.202. The van der Waals surface area contributed by atoms with Crippen molar-refractivity contribution in [3.63, 3.8) is 0 Å². The molecule has 128 valence electrons. The molecular weight excluding hydrogens is 323 g/mol. The quantitative estimate of drug-likeness (QED) is 0.570. The van der Waals surface area contributed by atoms with E-state index in [1.807, 2.05) is 50.2 Å². The Morgan fingerprint density at radius 2 is 1.75 bits per heavy atom. The molecule has 0 aromatic heterocycles. The third kappa shape index (κ3) is 6.54. The number of rotatable bonds is 7. The number of aryl methyl sites for hydroxylation is 1. The van der Waals surface area contributed by atoms with Crippen LogP contribution in [-0.4, -0.2) is 17.8 Å². The molecule has 0 bridgehead atoms. The Hall–Kier alpha value is -2.14. The summed E-state index contributed by atoms with van der Waals surface area (Å²) in [5.41, 5.74) is 2.04. The van der Waals surface area contributed by atoms with Crippen LogP contribution in [0, 0.1) is 5.82 Å².